The molecule has 1 saturated heterocycles. The quantitative estimate of drug-likeness (QED) is 0.561. The minimum Gasteiger partial charge on any atom is -0.348 e. The van der Waals surface area contributed by atoms with Crippen LogP contribution in [0.5, 0.6) is 0 Å². The van der Waals surface area contributed by atoms with Gasteiger partial charge < -0.3 is 15.5 Å². The predicted octanol–water partition coefficient (Wildman–Crippen LogP) is 2.81. The third-order valence-corrected chi connectivity index (χ3v) is 5.59. The van der Waals surface area contributed by atoms with E-state index >= 15 is 0 Å². The smallest absolute Gasteiger partial charge is 0.273 e. The summed E-state index contributed by atoms with van der Waals surface area (Å²) in [5.41, 5.74) is 0.836. The average Bonchev–Trinajstić information content (AvgIpc) is 2.85. The number of anilines is 1. The summed E-state index contributed by atoms with van der Waals surface area (Å²) in [5, 5.41) is 5.75. The summed E-state index contributed by atoms with van der Waals surface area (Å²) in [6.45, 7) is 0.931. The summed E-state index contributed by atoms with van der Waals surface area (Å²) in [6.07, 6.45) is 5.48. The Morgan fingerprint density at radius 2 is 1.61 bits per heavy atom. The van der Waals surface area contributed by atoms with E-state index < -0.39 is 5.91 Å². The molecule has 2 N–H and O–H groups in total. The first-order valence-corrected chi connectivity index (χ1v) is 10.8. The molecular weight excluding hydrogens is 444 g/mol. The van der Waals surface area contributed by atoms with Crippen LogP contribution in [-0.2, 0) is 0 Å². The van der Waals surface area contributed by atoms with Crippen molar-refractivity contribution in [3.8, 4) is 0 Å². The van der Waals surface area contributed by atoms with Crippen molar-refractivity contribution in [2.24, 2.45) is 0 Å². The van der Waals surface area contributed by atoms with Gasteiger partial charge in [0.15, 0.2) is 11.5 Å². The van der Waals surface area contributed by atoms with Crippen molar-refractivity contribution in [2.45, 2.75) is 18.9 Å². The molecule has 0 atom stereocenters. The molecular formula is C23H21ClN6O3. The van der Waals surface area contributed by atoms with Crippen molar-refractivity contribution in [1.29, 1.82) is 0 Å². The minimum absolute atomic E-state index is 0.0300. The van der Waals surface area contributed by atoms with Gasteiger partial charge in [-0.15, -0.1) is 0 Å². The van der Waals surface area contributed by atoms with Crippen LogP contribution in [0.3, 0.4) is 0 Å². The summed E-state index contributed by atoms with van der Waals surface area (Å²) in [6, 6.07) is 11.8. The van der Waals surface area contributed by atoms with Crippen LogP contribution in [0.15, 0.2) is 61.1 Å². The molecule has 0 unspecified atom stereocenters. The number of carbonyl (C=O) groups excluding carboxylic acids is 3. The number of nitrogens with zero attached hydrogens (tertiary/aromatic N) is 4. The van der Waals surface area contributed by atoms with Crippen molar-refractivity contribution in [1.82, 2.24) is 25.2 Å². The number of amides is 3. The molecule has 3 heterocycles. The maximum atomic E-state index is 12.9. The van der Waals surface area contributed by atoms with E-state index in [0.29, 0.717) is 37.1 Å². The molecule has 3 aromatic rings. The number of nitrogens with one attached hydrogen (secondary N) is 2. The molecule has 2 aromatic heterocycles. The summed E-state index contributed by atoms with van der Waals surface area (Å²) in [4.78, 5) is 51.9. The largest absolute Gasteiger partial charge is 0.348 e. The molecule has 0 bridgehead atoms. The first-order valence-electron chi connectivity index (χ1n) is 10.4. The Labute approximate surface area is 195 Å². The molecule has 1 aliphatic heterocycles. The van der Waals surface area contributed by atoms with Crippen LogP contribution in [0.4, 0.5) is 5.82 Å². The van der Waals surface area contributed by atoms with E-state index in [1.165, 1.54) is 18.6 Å². The second-order valence-corrected chi connectivity index (χ2v) is 7.81. The first-order chi connectivity index (χ1) is 16.0. The monoisotopic (exact) mass is 464 g/mol. The highest BCUT2D eigenvalue weighted by Gasteiger charge is 2.27. The zero-order chi connectivity index (χ0) is 23.2. The fourth-order valence-electron chi connectivity index (χ4n) is 3.56. The highest BCUT2D eigenvalue weighted by Crippen LogP contribution is 2.19. The molecule has 0 radical (unpaired) electrons. The third kappa shape index (κ3) is 5.32. The van der Waals surface area contributed by atoms with E-state index in [1.807, 2.05) is 6.07 Å². The van der Waals surface area contributed by atoms with Gasteiger partial charge in [-0.25, -0.2) is 15.0 Å². The summed E-state index contributed by atoms with van der Waals surface area (Å²) >= 11 is 6.04. The maximum Gasteiger partial charge on any atom is 0.273 e. The Balaban J connectivity index is 1.36. The summed E-state index contributed by atoms with van der Waals surface area (Å²) in [5.74, 6) is -0.919. The van der Waals surface area contributed by atoms with Crippen LogP contribution in [0.2, 0.25) is 5.15 Å². The SMILES string of the molecule is O=C(Nc1nccnc1C(=O)NC1CCN(C(=O)c2cccnc2Cl)CC1)c1ccccc1. The zero-order valence-corrected chi connectivity index (χ0v) is 18.3. The molecule has 0 aliphatic carbocycles. The van der Waals surface area contributed by atoms with Crippen molar-refractivity contribution >= 4 is 35.1 Å². The number of carbonyl (C=O) groups is 3. The molecule has 0 saturated carbocycles. The Hall–Kier alpha value is -3.85. The lowest BCUT2D eigenvalue weighted by molar-refractivity contribution is 0.0697. The number of piperidine rings is 1. The molecule has 1 aliphatic rings. The van der Waals surface area contributed by atoms with Crippen molar-refractivity contribution < 1.29 is 14.4 Å². The van der Waals surface area contributed by atoms with Gasteiger partial charge in [0.25, 0.3) is 17.7 Å². The Bertz CT molecular complexity index is 1170. The number of rotatable bonds is 5. The topological polar surface area (TPSA) is 117 Å². The Morgan fingerprint density at radius 1 is 0.879 bits per heavy atom. The van der Waals surface area contributed by atoms with E-state index in [2.05, 4.69) is 25.6 Å². The van der Waals surface area contributed by atoms with Gasteiger partial charge in [-0.1, -0.05) is 29.8 Å². The van der Waals surface area contributed by atoms with Crippen molar-refractivity contribution in [3.63, 3.8) is 0 Å². The molecule has 33 heavy (non-hydrogen) atoms. The van der Waals surface area contributed by atoms with Gasteiger partial charge in [-0.3, -0.25) is 14.4 Å². The van der Waals surface area contributed by atoms with Crippen molar-refractivity contribution in [2.75, 3.05) is 18.4 Å². The second-order valence-electron chi connectivity index (χ2n) is 7.46. The number of aromatic nitrogens is 3. The minimum atomic E-state index is -0.438. The van der Waals surface area contributed by atoms with Gasteiger partial charge in [-0.2, -0.15) is 0 Å². The molecule has 1 aromatic carbocycles. The molecule has 168 valence electrons. The van der Waals surface area contributed by atoms with Gasteiger partial charge in [0.2, 0.25) is 0 Å². The van der Waals surface area contributed by atoms with Gasteiger partial charge in [0, 0.05) is 43.3 Å². The van der Waals surface area contributed by atoms with Crippen LogP contribution < -0.4 is 10.6 Å². The highest BCUT2D eigenvalue weighted by atomic mass is 35.5. The molecule has 3 amide bonds. The number of likely N-dealkylation sites (tertiary alicyclic amines) is 1. The van der Waals surface area contributed by atoms with Crippen molar-refractivity contribution in [3.05, 3.63) is 83.0 Å². The van der Waals surface area contributed by atoms with E-state index in [1.54, 1.807) is 41.3 Å². The molecule has 0 spiro atoms. The van der Waals surface area contributed by atoms with Crippen LogP contribution in [0.25, 0.3) is 0 Å². The lowest BCUT2D eigenvalue weighted by Crippen LogP contribution is -2.46. The predicted molar refractivity (Wildman–Crippen MR) is 122 cm³/mol. The van der Waals surface area contributed by atoms with E-state index in [9.17, 15) is 14.4 Å². The van der Waals surface area contributed by atoms with E-state index in [-0.39, 0.29) is 34.5 Å². The van der Waals surface area contributed by atoms with Crippen LogP contribution >= 0.6 is 11.6 Å². The average molecular weight is 465 g/mol. The first kappa shape index (κ1) is 22.3. The number of pyridine rings is 1. The number of hydrogen-bond acceptors (Lipinski definition) is 6. The lowest BCUT2D eigenvalue weighted by Gasteiger charge is -2.32. The fourth-order valence-corrected chi connectivity index (χ4v) is 3.76. The maximum absolute atomic E-state index is 12.9. The van der Waals surface area contributed by atoms with Gasteiger partial charge in [0.05, 0.1) is 5.56 Å². The van der Waals surface area contributed by atoms with E-state index in [4.69, 9.17) is 11.6 Å². The molecule has 4 rings (SSSR count). The normalized spacial score (nSPS) is 13.9. The highest BCUT2D eigenvalue weighted by molar-refractivity contribution is 6.32. The number of benzene rings is 1. The van der Waals surface area contributed by atoms with Gasteiger partial charge in [-0.05, 0) is 37.1 Å². The zero-order valence-electron chi connectivity index (χ0n) is 17.6. The van der Waals surface area contributed by atoms with Crippen LogP contribution in [0, 0.1) is 0 Å². The molecule has 1 fully saturated rings. The second kappa shape index (κ2) is 10.2. The van der Waals surface area contributed by atoms with Crippen LogP contribution in [0.1, 0.15) is 44.0 Å². The fraction of sp³-hybridized carbons (Fsp3) is 0.217. The van der Waals surface area contributed by atoms with Crippen LogP contribution in [-0.4, -0.2) is 56.7 Å². The van der Waals surface area contributed by atoms with Gasteiger partial charge in [0.1, 0.15) is 5.15 Å². The number of halogens is 1. The summed E-state index contributed by atoms with van der Waals surface area (Å²) in [7, 11) is 0. The third-order valence-electron chi connectivity index (χ3n) is 5.29. The standard InChI is InChI=1S/C23H21ClN6O3/c24-19-17(7-4-10-26-19)23(33)30-13-8-16(9-14-30)28-22(32)18-20(27-12-11-25-18)29-21(31)15-5-2-1-3-6-15/h1-7,10-12,16H,8-9,13-14H2,(H,28,32)(H,27,29,31). The molecule has 10 heteroatoms. The Kier molecular flexibility index (Phi) is 6.89. The number of hydrogen-bond donors (Lipinski definition) is 2. The van der Waals surface area contributed by atoms with E-state index in [0.717, 1.165) is 0 Å². The summed E-state index contributed by atoms with van der Waals surface area (Å²) < 4.78 is 0. The lowest BCUT2D eigenvalue weighted by atomic mass is 10.0. The van der Waals surface area contributed by atoms with Gasteiger partial charge >= 0.3 is 0 Å². The molecule has 9 nitrogen and oxygen atoms in total. The Morgan fingerprint density at radius 3 is 2.33 bits per heavy atom.